The third-order valence-electron chi connectivity index (χ3n) is 3.96. The Labute approximate surface area is 162 Å². The zero-order valence-electron chi connectivity index (χ0n) is 15.2. The van der Waals surface area contributed by atoms with Gasteiger partial charge in [0.1, 0.15) is 12.1 Å². The largest absolute Gasteiger partial charge is 0.334 e. The van der Waals surface area contributed by atoms with Gasteiger partial charge in [-0.15, -0.1) is 0 Å². The molecular formula is C18H20N6O3S. The summed E-state index contributed by atoms with van der Waals surface area (Å²) >= 11 is 0. The van der Waals surface area contributed by atoms with Crippen molar-refractivity contribution in [3.63, 3.8) is 0 Å². The first-order valence-electron chi connectivity index (χ1n) is 8.45. The van der Waals surface area contributed by atoms with Crippen LogP contribution in [0.2, 0.25) is 0 Å². The van der Waals surface area contributed by atoms with Crippen molar-refractivity contribution in [1.29, 1.82) is 0 Å². The average molecular weight is 400 g/mol. The number of nitrogens with zero attached hydrogens (tertiary/aromatic N) is 3. The van der Waals surface area contributed by atoms with Gasteiger partial charge < -0.3 is 10.6 Å². The second kappa shape index (κ2) is 8.63. The smallest absolute Gasteiger partial charge is 0.315 e. The lowest BCUT2D eigenvalue weighted by molar-refractivity contribution is 0.240. The van der Waals surface area contributed by atoms with E-state index in [1.807, 2.05) is 12.1 Å². The molecule has 2 aromatic heterocycles. The van der Waals surface area contributed by atoms with Crippen LogP contribution in [-0.2, 0) is 23.1 Å². The monoisotopic (exact) mass is 400 g/mol. The average Bonchev–Trinajstić information content (AvgIpc) is 3.26. The van der Waals surface area contributed by atoms with Crippen molar-refractivity contribution in [2.75, 3.05) is 7.05 Å². The van der Waals surface area contributed by atoms with Crippen LogP contribution in [0.4, 0.5) is 4.79 Å². The predicted molar refractivity (Wildman–Crippen MR) is 103 cm³/mol. The molecule has 9 nitrogen and oxygen atoms in total. The van der Waals surface area contributed by atoms with Crippen LogP contribution >= 0.6 is 0 Å². The van der Waals surface area contributed by atoms with E-state index in [1.165, 1.54) is 19.2 Å². The van der Waals surface area contributed by atoms with Crippen LogP contribution in [0, 0.1) is 0 Å². The van der Waals surface area contributed by atoms with Gasteiger partial charge in [-0.05, 0) is 36.4 Å². The summed E-state index contributed by atoms with van der Waals surface area (Å²) in [6.07, 6.45) is 6.81. The van der Waals surface area contributed by atoms with Gasteiger partial charge in [0.25, 0.3) is 0 Å². The Morgan fingerprint density at radius 3 is 2.54 bits per heavy atom. The summed E-state index contributed by atoms with van der Waals surface area (Å²) < 4.78 is 27.7. The Hall–Kier alpha value is -3.24. The van der Waals surface area contributed by atoms with Crippen molar-refractivity contribution in [2.45, 2.75) is 18.0 Å². The Bertz CT molecular complexity index is 1030. The molecular weight excluding hydrogens is 380 g/mol. The maximum absolute atomic E-state index is 12.0. The first-order valence-corrected chi connectivity index (χ1v) is 9.94. The van der Waals surface area contributed by atoms with E-state index in [1.54, 1.807) is 41.6 Å². The molecule has 0 saturated heterocycles. The molecule has 0 aliphatic heterocycles. The van der Waals surface area contributed by atoms with E-state index in [-0.39, 0.29) is 17.5 Å². The minimum absolute atomic E-state index is 0.152. The number of carbonyl (C=O) groups excluding carboxylic acids is 1. The molecule has 2 amide bonds. The van der Waals surface area contributed by atoms with E-state index < -0.39 is 10.0 Å². The standard InChI is InChI=1S/C18H20N6O3S/c1-19-28(26,27)16-4-2-3-14(9-16)10-22-18(25)23-12-15-5-6-17(21-11-15)24-8-7-20-13-24/h2-9,11,13,19H,10,12H2,1H3,(H2,22,23,25). The molecule has 3 N–H and O–H groups in total. The van der Waals surface area contributed by atoms with Crippen LogP contribution in [0.5, 0.6) is 0 Å². The van der Waals surface area contributed by atoms with Crippen molar-refractivity contribution < 1.29 is 13.2 Å². The summed E-state index contributed by atoms with van der Waals surface area (Å²) in [6.45, 7) is 0.522. The third kappa shape index (κ3) is 4.93. The van der Waals surface area contributed by atoms with Gasteiger partial charge in [0.2, 0.25) is 10.0 Å². The summed E-state index contributed by atoms with van der Waals surface area (Å²) in [6, 6.07) is 9.74. The zero-order valence-corrected chi connectivity index (χ0v) is 16.0. The summed E-state index contributed by atoms with van der Waals surface area (Å²) in [5.41, 5.74) is 1.53. The normalized spacial score (nSPS) is 11.2. The van der Waals surface area contributed by atoms with Crippen LogP contribution in [-0.4, -0.2) is 36.0 Å². The number of aromatic nitrogens is 3. The van der Waals surface area contributed by atoms with Crippen molar-refractivity contribution in [2.24, 2.45) is 0 Å². The minimum atomic E-state index is -3.52. The molecule has 1 aromatic carbocycles. The van der Waals surface area contributed by atoms with Crippen LogP contribution in [0.15, 0.2) is 66.2 Å². The van der Waals surface area contributed by atoms with Gasteiger partial charge in [0.05, 0.1) is 4.90 Å². The third-order valence-corrected chi connectivity index (χ3v) is 5.37. The lowest BCUT2D eigenvalue weighted by Crippen LogP contribution is -2.34. The SMILES string of the molecule is CNS(=O)(=O)c1cccc(CNC(=O)NCc2ccc(-n3ccnc3)nc2)c1. The van der Waals surface area contributed by atoms with Crippen LogP contribution in [0.1, 0.15) is 11.1 Å². The lowest BCUT2D eigenvalue weighted by atomic mass is 10.2. The summed E-state index contributed by atoms with van der Waals surface area (Å²) in [5.74, 6) is 0.738. The zero-order chi connectivity index (χ0) is 20.0. The second-order valence-corrected chi connectivity index (χ2v) is 7.77. The quantitative estimate of drug-likeness (QED) is 0.550. The molecule has 3 rings (SSSR count). The number of amides is 2. The van der Waals surface area contributed by atoms with E-state index in [9.17, 15) is 13.2 Å². The van der Waals surface area contributed by atoms with Crippen LogP contribution in [0.3, 0.4) is 0 Å². The first-order chi connectivity index (χ1) is 13.5. The van der Waals surface area contributed by atoms with E-state index >= 15 is 0 Å². The number of nitrogens with one attached hydrogen (secondary N) is 3. The number of imidazole rings is 1. The van der Waals surface area contributed by atoms with Gasteiger partial charge in [-0.2, -0.15) is 0 Å². The molecule has 0 aliphatic carbocycles. The molecule has 146 valence electrons. The highest BCUT2D eigenvalue weighted by atomic mass is 32.2. The highest BCUT2D eigenvalue weighted by Gasteiger charge is 2.11. The van der Waals surface area contributed by atoms with Crippen molar-refractivity contribution >= 4 is 16.1 Å². The number of sulfonamides is 1. The van der Waals surface area contributed by atoms with Gasteiger partial charge >= 0.3 is 6.03 Å². The molecule has 3 aromatic rings. The van der Waals surface area contributed by atoms with Crippen molar-refractivity contribution in [1.82, 2.24) is 29.9 Å². The van der Waals surface area contributed by atoms with E-state index in [4.69, 9.17) is 0 Å². The Morgan fingerprint density at radius 2 is 1.89 bits per heavy atom. The number of urea groups is 1. The lowest BCUT2D eigenvalue weighted by Gasteiger charge is -2.09. The number of carbonyl (C=O) groups is 1. The van der Waals surface area contributed by atoms with Gasteiger partial charge in [-0.1, -0.05) is 18.2 Å². The molecule has 0 atom stereocenters. The second-order valence-electron chi connectivity index (χ2n) is 5.89. The van der Waals surface area contributed by atoms with Crippen LogP contribution in [0.25, 0.3) is 5.82 Å². The molecule has 0 aliphatic rings. The van der Waals surface area contributed by atoms with Gasteiger partial charge in [-0.25, -0.2) is 27.9 Å². The summed E-state index contributed by atoms with van der Waals surface area (Å²) in [4.78, 5) is 20.4. The number of rotatable bonds is 7. The maximum Gasteiger partial charge on any atom is 0.315 e. The topological polar surface area (TPSA) is 118 Å². The molecule has 0 unspecified atom stereocenters. The summed E-state index contributed by atoms with van der Waals surface area (Å²) in [5, 5.41) is 5.44. The van der Waals surface area contributed by atoms with Gasteiger partial charge in [0, 0.05) is 31.7 Å². The number of hydrogen-bond acceptors (Lipinski definition) is 5. The molecule has 0 saturated carbocycles. The fraction of sp³-hybridized carbons (Fsp3) is 0.167. The molecule has 2 heterocycles. The van der Waals surface area contributed by atoms with Crippen molar-refractivity contribution in [3.8, 4) is 5.82 Å². The number of hydrogen-bond donors (Lipinski definition) is 3. The highest BCUT2D eigenvalue weighted by molar-refractivity contribution is 7.89. The number of pyridine rings is 1. The highest BCUT2D eigenvalue weighted by Crippen LogP contribution is 2.11. The van der Waals surface area contributed by atoms with E-state index in [0.29, 0.717) is 12.1 Å². The Kier molecular flexibility index (Phi) is 6.02. The fourth-order valence-electron chi connectivity index (χ4n) is 2.44. The molecule has 0 fully saturated rings. The Balaban J connectivity index is 1.50. The predicted octanol–water partition coefficient (Wildman–Crippen LogP) is 1.17. The molecule has 0 spiro atoms. The van der Waals surface area contributed by atoms with Crippen LogP contribution < -0.4 is 15.4 Å². The van der Waals surface area contributed by atoms with Crippen molar-refractivity contribution in [3.05, 3.63) is 72.4 Å². The summed E-state index contributed by atoms with van der Waals surface area (Å²) in [7, 11) is -2.16. The molecule has 10 heteroatoms. The van der Waals surface area contributed by atoms with Gasteiger partial charge in [-0.3, -0.25) is 4.57 Å². The van der Waals surface area contributed by atoms with E-state index in [0.717, 1.165) is 11.4 Å². The fourth-order valence-corrected chi connectivity index (χ4v) is 3.24. The molecule has 28 heavy (non-hydrogen) atoms. The van der Waals surface area contributed by atoms with Gasteiger partial charge in [0.15, 0.2) is 0 Å². The minimum Gasteiger partial charge on any atom is -0.334 e. The maximum atomic E-state index is 12.0. The number of benzene rings is 1. The first kappa shape index (κ1) is 19.5. The van der Waals surface area contributed by atoms with E-state index in [2.05, 4.69) is 25.3 Å². The molecule has 0 radical (unpaired) electrons. The molecule has 0 bridgehead atoms. The Morgan fingerprint density at radius 1 is 1.11 bits per heavy atom.